The van der Waals surface area contributed by atoms with Gasteiger partial charge in [-0.2, -0.15) is 5.26 Å². The Morgan fingerprint density at radius 1 is 1.46 bits per heavy atom. The van der Waals surface area contributed by atoms with Crippen molar-refractivity contribution in [1.29, 1.82) is 5.26 Å². The highest BCUT2D eigenvalue weighted by molar-refractivity contribution is 9.10. The molecule has 1 saturated heterocycles. The molecule has 128 valence electrons. The van der Waals surface area contributed by atoms with Gasteiger partial charge >= 0.3 is 0 Å². The lowest BCUT2D eigenvalue weighted by Crippen LogP contribution is -2.41. The second-order valence-corrected chi connectivity index (χ2v) is 6.36. The molecule has 1 heterocycles. The van der Waals surface area contributed by atoms with Crippen LogP contribution in [0.4, 0.5) is 5.69 Å². The first-order chi connectivity index (χ1) is 11.6. The highest BCUT2D eigenvalue weighted by Gasteiger charge is 2.12. The third-order valence-electron chi connectivity index (χ3n) is 3.68. The molecule has 6 nitrogen and oxygen atoms in total. The zero-order valence-electron chi connectivity index (χ0n) is 13.6. The van der Waals surface area contributed by atoms with Gasteiger partial charge in [0.2, 0.25) is 0 Å². The molecule has 1 aromatic rings. The SMILES string of the molecule is Cc1ccc(N/C=C(/C#N)C(=O)NCCN2CCOCC2)c(Br)c1. The number of hydrogen-bond donors (Lipinski definition) is 2. The first-order valence-electron chi connectivity index (χ1n) is 7.81. The minimum Gasteiger partial charge on any atom is -0.379 e. The van der Waals surface area contributed by atoms with E-state index in [1.54, 1.807) is 0 Å². The molecule has 2 rings (SSSR count). The van der Waals surface area contributed by atoms with E-state index < -0.39 is 0 Å². The van der Waals surface area contributed by atoms with Gasteiger partial charge in [0, 0.05) is 36.9 Å². The molecule has 0 aromatic heterocycles. The molecule has 1 fully saturated rings. The number of morpholine rings is 1. The Morgan fingerprint density at radius 2 is 2.21 bits per heavy atom. The Bertz CT molecular complexity index is 648. The van der Waals surface area contributed by atoms with Gasteiger partial charge in [-0.15, -0.1) is 0 Å². The first-order valence-corrected chi connectivity index (χ1v) is 8.60. The molecule has 1 aliphatic heterocycles. The number of carbonyl (C=O) groups is 1. The fourth-order valence-electron chi connectivity index (χ4n) is 2.28. The van der Waals surface area contributed by atoms with Crippen LogP contribution in [0.2, 0.25) is 0 Å². The molecule has 1 amide bonds. The molecule has 0 spiro atoms. The van der Waals surface area contributed by atoms with E-state index in [1.807, 2.05) is 31.2 Å². The van der Waals surface area contributed by atoms with E-state index in [4.69, 9.17) is 4.74 Å². The average molecular weight is 393 g/mol. The predicted molar refractivity (Wildman–Crippen MR) is 96.5 cm³/mol. The van der Waals surface area contributed by atoms with Crippen molar-refractivity contribution in [2.45, 2.75) is 6.92 Å². The maximum atomic E-state index is 12.1. The summed E-state index contributed by atoms with van der Waals surface area (Å²) in [5, 5.41) is 14.9. The van der Waals surface area contributed by atoms with Gasteiger partial charge in [0.25, 0.3) is 5.91 Å². The van der Waals surface area contributed by atoms with Crippen molar-refractivity contribution < 1.29 is 9.53 Å². The normalized spacial score (nSPS) is 15.6. The van der Waals surface area contributed by atoms with Crippen LogP contribution < -0.4 is 10.6 Å². The van der Waals surface area contributed by atoms with Crippen LogP contribution in [0.25, 0.3) is 0 Å². The molecular weight excluding hydrogens is 372 g/mol. The largest absolute Gasteiger partial charge is 0.379 e. The van der Waals surface area contributed by atoms with E-state index in [1.165, 1.54) is 6.20 Å². The monoisotopic (exact) mass is 392 g/mol. The lowest BCUT2D eigenvalue weighted by Gasteiger charge is -2.26. The Hall–Kier alpha value is -1.88. The van der Waals surface area contributed by atoms with E-state index in [2.05, 4.69) is 31.5 Å². The Morgan fingerprint density at radius 3 is 2.88 bits per heavy atom. The number of nitriles is 1. The molecule has 24 heavy (non-hydrogen) atoms. The zero-order valence-corrected chi connectivity index (χ0v) is 15.2. The molecule has 1 aliphatic rings. The number of carbonyl (C=O) groups excluding carboxylic acids is 1. The summed E-state index contributed by atoms with van der Waals surface area (Å²) >= 11 is 3.45. The number of amides is 1. The molecule has 0 atom stereocenters. The Kier molecular flexibility index (Phi) is 7.25. The fourth-order valence-corrected chi connectivity index (χ4v) is 2.89. The summed E-state index contributed by atoms with van der Waals surface area (Å²) in [5.41, 5.74) is 1.97. The Labute approximate surface area is 150 Å². The maximum Gasteiger partial charge on any atom is 0.263 e. The van der Waals surface area contributed by atoms with Crippen molar-refractivity contribution in [1.82, 2.24) is 10.2 Å². The number of nitrogens with one attached hydrogen (secondary N) is 2. The van der Waals surface area contributed by atoms with Gasteiger partial charge in [-0.1, -0.05) is 6.07 Å². The standard InChI is InChI=1S/C17H21BrN4O2/c1-13-2-3-16(15(18)10-13)21-12-14(11-19)17(23)20-4-5-22-6-8-24-9-7-22/h2-3,10,12,21H,4-9H2,1H3,(H,20,23)/b14-12-. The minimum atomic E-state index is -0.374. The molecular formula is C17H21BrN4O2. The number of rotatable bonds is 6. The summed E-state index contributed by atoms with van der Waals surface area (Å²) in [5.74, 6) is -0.374. The fraction of sp³-hybridized carbons (Fsp3) is 0.412. The molecule has 0 saturated carbocycles. The number of halogens is 1. The van der Waals surface area contributed by atoms with E-state index >= 15 is 0 Å². The summed E-state index contributed by atoms with van der Waals surface area (Å²) in [6.45, 7) is 6.46. The molecule has 1 aromatic carbocycles. The number of nitrogens with zero attached hydrogens (tertiary/aromatic N) is 2. The van der Waals surface area contributed by atoms with Crippen LogP contribution in [0, 0.1) is 18.3 Å². The minimum absolute atomic E-state index is 0.0458. The number of ether oxygens (including phenoxy) is 1. The van der Waals surface area contributed by atoms with Crippen molar-refractivity contribution in [3.05, 3.63) is 40.0 Å². The number of benzene rings is 1. The van der Waals surface area contributed by atoms with Crippen LogP contribution >= 0.6 is 15.9 Å². The van der Waals surface area contributed by atoms with Crippen LogP contribution in [0.3, 0.4) is 0 Å². The van der Waals surface area contributed by atoms with Gasteiger partial charge in [-0.3, -0.25) is 9.69 Å². The van der Waals surface area contributed by atoms with Gasteiger partial charge in [0.15, 0.2) is 0 Å². The molecule has 0 bridgehead atoms. The smallest absolute Gasteiger partial charge is 0.263 e. The molecule has 0 aliphatic carbocycles. The first kappa shape index (κ1) is 18.5. The second-order valence-electron chi connectivity index (χ2n) is 5.51. The van der Waals surface area contributed by atoms with Crippen LogP contribution in [-0.4, -0.2) is 50.2 Å². The van der Waals surface area contributed by atoms with Crippen LogP contribution in [0.5, 0.6) is 0 Å². The number of anilines is 1. The van der Waals surface area contributed by atoms with Crippen molar-refractivity contribution in [2.24, 2.45) is 0 Å². The molecule has 0 unspecified atom stereocenters. The van der Waals surface area contributed by atoms with Crippen molar-refractivity contribution in [3.8, 4) is 6.07 Å². The van der Waals surface area contributed by atoms with E-state index in [9.17, 15) is 10.1 Å². The topological polar surface area (TPSA) is 77.4 Å². The van der Waals surface area contributed by atoms with Gasteiger partial charge in [0.05, 0.1) is 18.9 Å². The van der Waals surface area contributed by atoms with E-state index in [0.29, 0.717) is 6.54 Å². The van der Waals surface area contributed by atoms with E-state index in [0.717, 1.165) is 48.6 Å². The quantitative estimate of drug-likeness (QED) is 0.571. The zero-order chi connectivity index (χ0) is 17.4. The highest BCUT2D eigenvalue weighted by Crippen LogP contribution is 2.23. The van der Waals surface area contributed by atoms with Gasteiger partial charge < -0.3 is 15.4 Å². The maximum absolute atomic E-state index is 12.1. The third-order valence-corrected chi connectivity index (χ3v) is 4.34. The average Bonchev–Trinajstić information content (AvgIpc) is 2.58. The Balaban J connectivity index is 1.85. The lowest BCUT2D eigenvalue weighted by molar-refractivity contribution is -0.117. The second kappa shape index (κ2) is 9.42. The van der Waals surface area contributed by atoms with Gasteiger partial charge in [0.1, 0.15) is 11.6 Å². The molecule has 2 N–H and O–H groups in total. The van der Waals surface area contributed by atoms with Crippen molar-refractivity contribution in [2.75, 3.05) is 44.7 Å². The predicted octanol–water partition coefficient (Wildman–Crippen LogP) is 2.03. The number of aryl methyl sites for hydroxylation is 1. The lowest BCUT2D eigenvalue weighted by atomic mass is 10.2. The van der Waals surface area contributed by atoms with Crippen molar-refractivity contribution in [3.63, 3.8) is 0 Å². The van der Waals surface area contributed by atoms with Gasteiger partial charge in [-0.05, 0) is 40.5 Å². The van der Waals surface area contributed by atoms with Gasteiger partial charge in [-0.25, -0.2) is 0 Å². The number of hydrogen-bond acceptors (Lipinski definition) is 5. The summed E-state index contributed by atoms with van der Waals surface area (Å²) in [7, 11) is 0. The summed E-state index contributed by atoms with van der Waals surface area (Å²) in [6.07, 6.45) is 1.43. The summed E-state index contributed by atoms with van der Waals surface area (Å²) < 4.78 is 6.16. The summed E-state index contributed by atoms with van der Waals surface area (Å²) in [6, 6.07) is 7.74. The van der Waals surface area contributed by atoms with Crippen LogP contribution in [-0.2, 0) is 9.53 Å². The summed E-state index contributed by atoms with van der Waals surface area (Å²) in [4.78, 5) is 14.3. The highest BCUT2D eigenvalue weighted by atomic mass is 79.9. The van der Waals surface area contributed by atoms with Crippen LogP contribution in [0.1, 0.15) is 5.56 Å². The van der Waals surface area contributed by atoms with E-state index in [-0.39, 0.29) is 11.5 Å². The van der Waals surface area contributed by atoms with Crippen LogP contribution in [0.15, 0.2) is 34.4 Å². The molecule has 0 radical (unpaired) electrons. The molecule has 7 heteroatoms. The third kappa shape index (κ3) is 5.64. The van der Waals surface area contributed by atoms with Crippen molar-refractivity contribution >= 4 is 27.5 Å².